The molecule has 1 aromatic carbocycles. The van der Waals surface area contributed by atoms with Crippen molar-refractivity contribution in [3.63, 3.8) is 0 Å². The van der Waals surface area contributed by atoms with Gasteiger partial charge in [0.15, 0.2) is 11.5 Å². The summed E-state index contributed by atoms with van der Waals surface area (Å²) < 4.78 is 11.1. The van der Waals surface area contributed by atoms with E-state index < -0.39 is 11.2 Å². The summed E-state index contributed by atoms with van der Waals surface area (Å²) in [6.45, 7) is 3.16. The minimum absolute atomic E-state index is 0.422. The van der Waals surface area contributed by atoms with Crippen LogP contribution >= 0.6 is 11.8 Å². The second-order valence-electron chi connectivity index (χ2n) is 4.01. The highest BCUT2D eigenvalue weighted by atomic mass is 32.2. The zero-order valence-corrected chi connectivity index (χ0v) is 11.0. The Balaban J connectivity index is 2.15. The summed E-state index contributed by atoms with van der Waals surface area (Å²) in [5, 5.41) is 8.62. The second-order valence-corrected chi connectivity index (χ2v) is 5.29. The fourth-order valence-electron chi connectivity index (χ4n) is 1.69. The zero-order chi connectivity index (χ0) is 13.0. The maximum absolute atomic E-state index is 11.0. The van der Waals surface area contributed by atoms with E-state index >= 15 is 0 Å². The summed E-state index contributed by atoms with van der Waals surface area (Å²) in [4.78, 5) is 11.9. The van der Waals surface area contributed by atoms with Crippen molar-refractivity contribution in [2.75, 3.05) is 13.2 Å². The van der Waals surface area contributed by atoms with E-state index in [4.69, 9.17) is 14.6 Å². The topological polar surface area (TPSA) is 55.8 Å². The van der Waals surface area contributed by atoms with Crippen molar-refractivity contribution < 1.29 is 19.4 Å². The number of aliphatic carboxylic acids is 1. The lowest BCUT2D eigenvalue weighted by Crippen LogP contribution is -2.14. The van der Waals surface area contributed by atoms with Gasteiger partial charge in [-0.15, -0.1) is 11.8 Å². The van der Waals surface area contributed by atoms with Crippen molar-refractivity contribution in [3.8, 4) is 11.5 Å². The largest absolute Gasteiger partial charge is 0.490 e. The Kier molecular flexibility index (Phi) is 4.36. The predicted molar refractivity (Wildman–Crippen MR) is 69.6 cm³/mol. The van der Waals surface area contributed by atoms with Gasteiger partial charge in [0, 0.05) is 11.3 Å². The van der Waals surface area contributed by atoms with Gasteiger partial charge in [-0.05, 0) is 24.6 Å². The minimum Gasteiger partial charge on any atom is -0.490 e. The van der Waals surface area contributed by atoms with Crippen molar-refractivity contribution in [2.24, 2.45) is 0 Å². The average molecular weight is 268 g/mol. The van der Waals surface area contributed by atoms with Crippen LogP contribution in [0.1, 0.15) is 19.8 Å². The molecule has 0 aliphatic carbocycles. The Morgan fingerprint density at radius 2 is 2.11 bits per heavy atom. The molecular weight excluding hydrogens is 252 g/mol. The second kappa shape index (κ2) is 6.00. The molecular formula is C13H16O4S. The number of fused-ring (bicyclic) bond motifs is 1. The molecule has 1 heterocycles. The van der Waals surface area contributed by atoms with Gasteiger partial charge in [0.05, 0.1) is 13.2 Å². The number of ether oxygens (including phenoxy) is 2. The number of benzene rings is 1. The third kappa shape index (κ3) is 3.10. The van der Waals surface area contributed by atoms with E-state index in [-0.39, 0.29) is 0 Å². The van der Waals surface area contributed by atoms with E-state index in [1.54, 1.807) is 0 Å². The molecule has 0 fully saturated rings. The van der Waals surface area contributed by atoms with E-state index in [1.807, 2.05) is 25.1 Å². The molecule has 0 saturated carbocycles. The molecule has 18 heavy (non-hydrogen) atoms. The summed E-state index contributed by atoms with van der Waals surface area (Å²) in [6.07, 6.45) is 1.46. The SMILES string of the molecule is CCC(Sc1ccc2c(c1)OCCCO2)C(=O)O. The van der Waals surface area contributed by atoms with Gasteiger partial charge in [-0.25, -0.2) is 0 Å². The molecule has 1 N–H and O–H groups in total. The standard InChI is InChI=1S/C13H16O4S/c1-2-12(13(14)15)18-9-4-5-10-11(8-9)17-7-3-6-16-10/h4-5,8,12H,2-3,6-7H2,1H3,(H,14,15). The van der Waals surface area contributed by atoms with Crippen LogP contribution in [0, 0.1) is 0 Å². The molecule has 1 aliphatic rings. The molecule has 1 aliphatic heterocycles. The number of carboxylic acids is 1. The lowest BCUT2D eigenvalue weighted by atomic mass is 10.3. The van der Waals surface area contributed by atoms with Gasteiger partial charge in [0.1, 0.15) is 5.25 Å². The van der Waals surface area contributed by atoms with E-state index in [0.29, 0.717) is 25.4 Å². The molecule has 1 atom stereocenters. The smallest absolute Gasteiger partial charge is 0.316 e. The normalized spacial score (nSPS) is 15.8. The molecule has 98 valence electrons. The molecule has 0 radical (unpaired) electrons. The maximum Gasteiger partial charge on any atom is 0.316 e. The van der Waals surface area contributed by atoms with Gasteiger partial charge in [0.25, 0.3) is 0 Å². The number of hydrogen-bond acceptors (Lipinski definition) is 4. The van der Waals surface area contributed by atoms with Crippen molar-refractivity contribution >= 4 is 17.7 Å². The van der Waals surface area contributed by atoms with Gasteiger partial charge < -0.3 is 14.6 Å². The Hall–Kier alpha value is -1.36. The summed E-state index contributed by atoms with van der Waals surface area (Å²) in [6, 6.07) is 5.58. The summed E-state index contributed by atoms with van der Waals surface area (Å²) in [5.74, 6) is 0.660. The molecule has 4 nitrogen and oxygen atoms in total. The summed E-state index contributed by atoms with van der Waals surface area (Å²) >= 11 is 1.34. The summed E-state index contributed by atoms with van der Waals surface area (Å²) in [7, 11) is 0. The number of thioether (sulfide) groups is 1. The molecule has 0 amide bonds. The van der Waals surface area contributed by atoms with Crippen molar-refractivity contribution in [1.29, 1.82) is 0 Å². The fraction of sp³-hybridized carbons (Fsp3) is 0.462. The van der Waals surface area contributed by atoms with Crippen molar-refractivity contribution in [2.45, 2.75) is 29.9 Å². The zero-order valence-electron chi connectivity index (χ0n) is 10.2. The Labute approximate surface area is 110 Å². The Morgan fingerprint density at radius 1 is 1.39 bits per heavy atom. The lowest BCUT2D eigenvalue weighted by molar-refractivity contribution is -0.136. The fourth-order valence-corrected chi connectivity index (χ4v) is 2.61. The van der Waals surface area contributed by atoms with Crippen LogP contribution in [0.3, 0.4) is 0 Å². The minimum atomic E-state index is -0.783. The van der Waals surface area contributed by atoms with E-state index in [9.17, 15) is 4.79 Å². The van der Waals surface area contributed by atoms with Crippen LogP contribution in [-0.4, -0.2) is 29.5 Å². The highest BCUT2D eigenvalue weighted by molar-refractivity contribution is 8.00. The summed E-state index contributed by atoms with van der Waals surface area (Å²) in [5.41, 5.74) is 0. The quantitative estimate of drug-likeness (QED) is 0.851. The van der Waals surface area contributed by atoms with Crippen molar-refractivity contribution in [1.82, 2.24) is 0 Å². The molecule has 0 spiro atoms. The average Bonchev–Trinajstić information content (AvgIpc) is 2.60. The lowest BCUT2D eigenvalue weighted by Gasteiger charge is -2.12. The van der Waals surface area contributed by atoms with Gasteiger partial charge >= 0.3 is 5.97 Å². The Morgan fingerprint density at radius 3 is 2.78 bits per heavy atom. The third-order valence-corrected chi connectivity index (χ3v) is 3.99. The van der Waals surface area contributed by atoms with E-state index in [1.165, 1.54) is 11.8 Å². The van der Waals surface area contributed by atoms with Crippen LogP contribution in [0.15, 0.2) is 23.1 Å². The first-order valence-electron chi connectivity index (χ1n) is 6.00. The predicted octanol–water partition coefficient (Wildman–Crippen LogP) is 2.80. The van der Waals surface area contributed by atoms with Gasteiger partial charge in [0.2, 0.25) is 0 Å². The van der Waals surface area contributed by atoms with Gasteiger partial charge in [-0.1, -0.05) is 6.92 Å². The molecule has 0 aromatic heterocycles. The number of carboxylic acid groups (broad SMARTS) is 1. The maximum atomic E-state index is 11.0. The van der Waals surface area contributed by atoms with Gasteiger partial charge in [-0.3, -0.25) is 4.79 Å². The van der Waals surface area contributed by atoms with Crippen LogP contribution in [-0.2, 0) is 4.79 Å². The van der Waals surface area contributed by atoms with Crippen molar-refractivity contribution in [3.05, 3.63) is 18.2 Å². The molecule has 1 aromatic rings. The molecule has 0 saturated heterocycles. The van der Waals surface area contributed by atoms with Crippen LogP contribution in [0.4, 0.5) is 0 Å². The number of rotatable bonds is 4. The highest BCUT2D eigenvalue weighted by Gasteiger charge is 2.18. The van der Waals surface area contributed by atoms with Crippen LogP contribution in [0.2, 0.25) is 0 Å². The van der Waals surface area contributed by atoms with Crippen LogP contribution in [0.5, 0.6) is 11.5 Å². The van der Waals surface area contributed by atoms with E-state index in [0.717, 1.165) is 17.1 Å². The first kappa shape index (κ1) is 13.1. The monoisotopic (exact) mass is 268 g/mol. The van der Waals surface area contributed by atoms with Crippen LogP contribution in [0.25, 0.3) is 0 Å². The third-order valence-electron chi connectivity index (χ3n) is 2.64. The van der Waals surface area contributed by atoms with Gasteiger partial charge in [-0.2, -0.15) is 0 Å². The Bertz CT molecular complexity index is 433. The molecule has 2 rings (SSSR count). The number of carbonyl (C=O) groups is 1. The first-order chi connectivity index (χ1) is 8.70. The molecule has 5 heteroatoms. The first-order valence-corrected chi connectivity index (χ1v) is 6.87. The van der Waals surface area contributed by atoms with E-state index in [2.05, 4.69) is 0 Å². The molecule has 0 bridgehead atoms. The molecule has 1 unspecified atom stereocenters. The number of hydrogen-bond donors (Lipinski definition) is 1. The van der Waals surface area contributed by atoms with Crippen LogP contribution < -0.4 is 9.47 Å². The highest BCUT2D eigenvalue weighted by Crippen LogP contribution is 2.35.